The largest absolute Gasteiger partial charge is 0.481 e. The number of aromatic nitrogens is 1. The average Bonchev–Trinajstić information content (AvgIpc) is 3.15. The number of hydrogen-bond donors (Lipinski definition) is 1. The molecule has 134 valence electrons. The lowest BCUT2D eigenvalue weighted by Gasteiger charge is -2.18. The first-order chi connectivity index (χ1) is 11.8. The number of nitrogens with zero attached hydrogens (tertiary/aromatic N) is 2. The minimum atomic E-state index is -4.55. The van der Waals surface area contributed by atoms with Crippen LogP contribution in [-0.2, 0) is 11.3 Å². The van der Waals surface area contributed by atoms with Gasteiger partial charge < -0.3 is 5.11 Å². The van der Waals surface area contributed by atoms with Crippen LogP contribution in [0.4, 0.5) is 17.6 Å². The Morgan fingerprint density at radius 1 is 1.32 bits per heavy atom. The number of hydrogen-bond acceptors (Lipinski definition) is 4. The summed E-state index contributed by atoms with van der Waals surface area (Å²) in [6.07, 6.45) is -3.06. The lowest BCUT2D eigenvalue weighted by atomic mass is 9.96. The van der Waals surface area contributed by atoms with Crippen LogP contribution in [0, 0.1) is 17.7 Å². The van der Waals surface area contributed by atoms with Gasteiger partial charge in [0.05, 0.1) is 11.8 Å². The second kappa shape index (κ2) is 6.72. The zero-order chi connectivity index (χ0) is 18.2. The number of rotatable bonds is 4. The minimum absolute atomic E-state index is 0.155. The van der Waals surface area contributed by atoms with Gasteiger partial charge in [0, 0.05) is 36.3 Å². The van der Waals surface area contributed by atoms with Gasteiger partial charge in [0.1, 0.15) is 10.8 Å². The number of thiazole rings is 1. The lowest BCUT2D eigenvalue weighted by molar-refractivity contribution is -0.188. The van der Waals surface area contributed by atoms with E-state index in [0.29, 0.717) is 15.4 Å². The van der Waals surface area contributed by atoms with Crippen LogP contribution in [0.15, 0.2) is 30.5 Å². The lowest BCUT2D eigenvalue weighted by Crippen LogP contribution is -2.33. The zero-order valence-corrected chi connectivity index (χ0v) is 13.6. The van der Waals surface area contributed by atoms with Crippen molar-refractivity contribution in [1.82, 2.24) is 9.88 Å². The highest BCUT2D eigenvalue weighted by Gasteiger charge is 2.52. The summed E-state index contributed by atoms with van der Waals surface area (Å²) in [5.74, 6) is -5.23. The smallest absolute Gasteiger partial charge is 0.393 e. The summed E-state index contributed by atoms with van der Waals surface area (Å²) in [6.45, 7) is -0.387. The Morgan fingerprint density at radius 2 is 2.04 bits per heavy atom. The van der Waals surface area contributed by atoms with Gasteiger partial charge in [-0.3, -0.25) is 9.69 Å². The highest BCUT2D eigenvalue weighted by molar-refractivity contribution is 7.15. The fraction of sp³-hybridized carbons (Fsp3) is 0.375. The summed E-state index contributed by atoms with van der Waals surface area (Å²) >= 11 is 1.18. The Labute approximate surface area is 144 Å². The van der Waals surface area contributed by atoms with E-state index in [0.717, 1.165) is 0 Å². The summed E-state index contributed by atoms with van der Waals surface area (Å²) in [6, 6.07) is 6.11. The van der Waals surface area contributed by atoms with Gasteiger partial charge in [0.25, 0.3) is 0 Å². The van der Waals surface area contributed by atoms with E-state index in [1.165, 1.54) is 28.5 Å². The number of likely N-dealkylation sites (tertiary alicyclic amines) is 1. The maximum absolute atomic E-state index is 13.8. The maximum Gasteiger partial charge on any atom is 0.393 e. The molecule has 2 atom stereocenters. The molecule has 1 N–H and O–H groups in total. The second-order valence-corrected chi connectivity index (χ2v) is 7.01. The molecule has 1 aliphatic rings. The summed E-state index contributed by atoms with van der Waals surface area (Å²) in [4.78, 5) is 17.3. The van der Waals surface area contributed by atoms with Crippen LogP contribution in [0.25, 0.3) is 10.6 Å². The second-order valence-electron chi connectivity index (χ2n) is 5.90. The first-order valence-corrected chi connectivity index (χ1v) is 8.29. The molecule has 1 fully saturated rings. The van der Waals surface area contributed by atoms with Crippen LogP contribution >= 0.6 is 11.3 Å². The first kappa shape index (κ1) is 17.8. The van der Waals surface area contributed by atoms with Gasteiger partial charge in [0.2, 0.25) is 0 Å². The summed E-state index contributed by atoms with van der Waals surface area (Å²) in [7, 11) is 0. The van der Waals surface area contributed by atoms with Crippen molar-refractivity contribution in [3.8, 4) is 10.6 Å². The number of carboxylic acid groups (broad SMARTS) is 1. The van der Waals surface area contributed by atoms with Crippen LogP contribution in [-0.4, -0.2) is 40.2 Å². The number of alkyl halides is 3. The van der Waals surface area contributed by atoms with Crippen LogP contribution < -0.4 is 0 Å². The number of halogens is 4. The van der Waals surface area contributed by atoms with Crippen LogP contribution in [0.5, 0.6) is 0 Å². The van der Waals surface area contributed by atoms with Crippen LogP contribution in [0.1, 0.15) is 4.88 Å². The Kier molecular flexibility index (Phi) is 4.79. The molecule has 25 heavy (non-hydrogen) atoms. The van der Waals surface area contributed by atoms with Crippen molar-refractivity contribution in [3.63, 3.8) is 0 Å². The molecular weight excluding hydrogens is 360 g/mol. The molecule has 0 spiro atoms. The number of carboxylic acids is 1. The Hall–Kier alpha value is -2.00. The van der Waals surface area contributed by atoms with E-state index in [1.807, 2.05) is 0 Å². The molecule has 0 aliphatic carbocycles. The van der Waals surface area contributed by atoms with Crippen molar-refractivity contribution >= 4 is 17.3 Å². The minimum Gasteiger partial charge on any atom is -0.481 e. The van der Waals surface area contributed by atoms with E-state index in [9.17, 15) is 22.4 Å². The van der Waals surface area contributed by atoms with E-state index in [-0.39, 0.29) is 19.6 Å². The van der Waals surface area contributed by atoms with Gasteiger partial charge >= 0.3 is 12.1 Å². The quantitative estimate of drug-likeness (QED) is 0.831. The predicted molar refractivity (Wildman–Crippen MR) is 83.5 cm³/mol. The number of aliphatic carboxylic acids is 1. The highest BCUT2D eigenvalue weighted by Crippen LogP contribution is 2.38. The van der Waals surface area contributed by atoms with Gasteiger partial charge in [-0.1, -0.05) is 12.1 Å². The Morgan fingerprint density at radius 3 is 2.64 bits per heavy atom. The van der Waals surface area contributed by atoms with Crippen molar-refractivity contribution in [2.24, 2.45) is 11.8 Å². The Bertz CT molecular complexity index is 777. The summed E-state index contributed by atoms with van der Waals surface area (Å²) in [5, 5.41) is 9.48. The number of benzene rings is 1. The van der Waals surface area contributed by atoms with E-state index >= 15 is 0 Å². The van der Waals surface area contributed by atoms with Crippen molar-refractivity contribution < 1.29 is 27.5 Å². The molecule has 2 heterocycles. The molecule has 1 aromatic heterocycles. The molecule has 0 bridgehead atoms. The van der Waals surface area contributed by atoms with E-state index in [1.54, 1.807) is 18.2 Å². The fourth-order valence-corrected chi connectivity index (χ4v) is 3.94. The molecule has 1 aromatic carbocycles. The molecule has 0 radical (unpaired) electrons. The van der Waals surface area contributed by atoms with Crippen molar-refractivity contribution in [1.29, 1.82) is 0 Å². The molecule has 4 nitrogen and oxygen atoms in total. The van der Waals surface area contributed by atoms with Crippen molar-refractivity contribution in [2.75, 3.05) is 13.1 Å². The van der Waals surface area contributed by atoms with E-state index in [2.05, 4.69) is 4.98 Å². The monoisotopic (exact) mass is 374 g/mol. The van der Waals surface area contributed by atoms with Crippen molar-refractivity contribution in [3.05, 3.63) is 41.2 Å². The third kappa shape index (κ3) is 3.82. The molecule has 1 aliphatic heterocycles. The van der Waals surface area contributed by atoms with Gasteiger partial charge in [-0.25, -0.2) is 9.37 Å². The standard InChI is InChI=1S/C16H14F4N2O2S/c17-13-4-2-1-3-10(13)14-21-5-9(25-14)6-22-7-11(15(23)24)12(8-22)16(18,19)20/h1-5,11-12H,6-8H2,(H,23,24)/t11-,12-/m1/s1. The first-order valence-electron chi connectivity index (χ1n) is 7.47. The predicted octanol–water partition coefficient (Wildman–Crippen LogP) is 3.64. The van der Waals surface area contributed by atoms with Crippen LogP contribution in [0.2, 0.25) is 0 Å². The zero-order valence-electron chi connectivity index (χ0n) is 12.8. The SMILES string of the molecule is O=C(O)[C@@H]1CN(Cc2cnc(-c3ccccc3F)s2)C[C@H]1C(F)(F)F. The van der Waals surface area contributed by atoms with Gasteiger partial charge in [-0.15, -0.1) is 11.3 Å². The van der Waals surface area contributed by atoms with Gasteiger partial charge in [0.15, 0.2) is 0 Å². The summed E-state index contributed by atoms with van der Waals surface area (Å²) < 4.78 is 52.8. The molecule has 3 rings (SSSR count). The number of carbonyl (C=O) groups is 1. The highest BCUT2D eigenvalue weighted by atomic mass is 32.1. The van der Waals surface area contributed by atoms with Crippen molar-refractivity contribution in [2.45, 2.75) is 12.7 Å². The maximum atomic E-state index is 13.8. The normalized spacial score (nSPS) is 21.6. The molecule has 9 heteroatoms. The molecule has 0 unspecified atom stereocenters. The molecule has 0 amide bonds. The topological polar surface area (TPSA) is 53.4 Å². The fourth-order valence-electron chi connectivity index (χ4n) is 2.96. The van der Waals surface area contributed by atoms with Gasteiger partial charge in [-0.05, 0) is 12.1 Å². The average molecular weight is 374 g/mol. The molecule has 0 saturated carbocycles. The molecule has 1 saturated heterocycles. The molecular formula is C16H14F4N2O2S. The molecule has 2 aromatic rings. The van der Waals surface area contributed by atoms with E-state index in [4.69, 9.17) is 5.11 Å². The third-order valence-electron chi connectivity index (χ3n) is 4.17. The summed E-state index contributed by atoms with van der Waals surface area (Å²) in [5.41, 5.74) is 0.330. The van der Waals surface area contributed by atoms with E-state index < -0.39 is 29.8 Å². The van der Waals surface area contributed by atoms with Gasteiger partial charge in [-0.2, -0.15) is 13.2 Å². The third-order valence-corrected chi connectivity index (χ3v) is 5.19. The van der Waals surface area contributed by atoms with Crippen LogP contribution in [0.3, 0.4) is 0 Å². The Balaban J connectivity index is 1.74.